The molecule has 0 saturated heterocycles. The predicted molar refractivity (Wildman–Crippen MR) is 112 cm³/mol. The zero-order valence-electron chi connectivity index (χ0n) is 18.3. The molecular weight excluding hydrogens is 348 g/mol. The molecule has 0 spiro atoms. The van der Waals surface area contributed by atoms with E-state index in [1.807, 2.05) is 0 Å². The maximum Gasteiger partial charge on any atom is 0.305 e. The molecule has 3 fully saturated rings. The molecule has 3 nitrogen and oxygen atoms in total. The number of methoxy groups -OCH3 is 1. The summed E-state index contributed by atoms with van der Waals surface area (Å²) in [5.41, 5.74) is 0.669. The molecule has 9 atom stereocenters. The third-order valence-corrected chi connectivity index (χ3v) is 9.86. The molecule has 3 heteroatoms. The van der Waals surface area contributed by atoms with Crippen LogP contribution in [0.1, 0.15) is 78.6 Å². The lowest BCUT2D eigenvalue weighted by Crippen LogP contribution is -2.52. The number of esters is 1. The summed E-state index contributed by atoms with van der Waals surface area (Å²) < 4.78 is 4.86. The highest BCUT2D eigenvalue weighted by molar-refractivity contribution is 5.69. The van der Waals surface area contributed by atoms with E-state index in [2.05, 4.69) is 32.9 Å². The molecule has 3 saturated carbocycles. The summed E-state index contributed by atoms with van der Waals surface area (Å²) in [6, 6.07) is 0. The number of fused-ring (bicyclic) bond motifs is 5. The van der Waals surface area contributed by atoms with E-state index >= 15 is 0 Å². The van der Waals surface area contributed by atoms with Crippen LogP contribution in [0.25, 0.3) is 0 Å². The first-order valence-corrected chi connectivity index (χ1v) is 11.7. The first-order valence-electron chi connectivity index (χ1n) is 11.7. The Bertz CT molecular complexity index is 627. The third-order valence-electron chi connectivity index (χ3n) is 9.86. The lowest BCUT2D eigenvalue weighted by Gasteiger charge is -2.58. The number of rotatable bonds is 4. The van der Waals surface area contributed by atoms with Crippen LogP contribution in [0.3, 0.4) is 0 Å². The minimum Gasteiger partial charge on any atom is -0.469 e. The Labute approximate surface area is 171 Å². The largest absolute Gasteiger partial charge is 0.469 e. The Morgan fingerprint density at radius 2 is 2.00 bits per heavy atom. The molecule has 0 aromatic carbocycles. The van der Waals surface area contributed by atoms with Gasteiger partial charge in [0.15, 0.2) is 0 Å². The van der Waals surface area contributed by atoms with Gasteiger partial charge in [-0.15, -0.1) is 0 Å². The topological polar surface area (TPSA) is 46.5 Å². The second kappa shape index (κ2) is 7.45. The van der Waals surface area contributed by atoms with E-state index in [0.29, 0.717) is 35.5 Å². The Kier molecular flexibility index (Phi) is 5.44. The van der Waals surface area contributed by atoms with E-state index in [4.69, 9.17) is 4.74 Å². The van der Waals surface area contributed by atoms with Gasteiger partial charge < -0.3 is 9.84 Å². The summed E-state index contributed by atoms with van der Waals surface area (Å²) in [5.74, 6) is 4.16. The van der Waals surface area contributed by atoms with Crippen LogP contribution in [0.4, 0.5) is 0 Å². The van der Waals surface area contributed by atoms with Crippen LogP contribution in [0.5, 0.6) is 0 Å². The normalized spacial score (nSPS) is 48.3. The van der Waals surface area contributed by atoms with Crippen LogP contribution in [-0.4, -0.2) is 24.3 Å². The highest BCUT2D eigenvalue weighted by Crippen LogP contribution is 2.66. The fraction of sp³-hybridized carbons (Fsp3) is 0.880. The van der Waals surface area contributed by atoms with E-state index in [-0.39, 0.29) is 17.5 Å². The predicted octanol–water partition coefficient (Wildman–Crippen LogP) is 5.37. The Hall–Kier alpha value is -0.830. The van der Waals surface area contributed by atoms with Crippen LogP contribution in [0, 0.1) is 46.3 Å². The zero-order valence-corrected chi connectivity index (χ0v) is 18.3. The van der Waals surface area contributed by atoms with Crippen LogP contribution in [0.2, 0.25) is 0 Å². The first kappa shape index (κ1) is 20.4. The Morgan fingerprint density at radius 1 is 1.21 bits per heavy atom. The average Bonchev–Trinajstić information content (AvgIpc) is 3.03. The van der Waals surface area contributed by atoms with Crippen molar-refractivity contribution in [3.05, 3.63) is 12.2 Å². The van der Waals surface area contributed by atoms with Gasteiger partial charge in [0.2, 0.25) is 0 Å². The van der Waals surface area contributed by atoms with Crippen LogP contribution < -0.4 is 0 Å². The Morgan fingerprint density at radius 3 is 2.75 bits per heavy atom. The molecule has 0 aromatic rings. The van der Waals surface area contributed by atoms with Crippen molar-refractivity contribution in [2.24, 2.45) is 46.3 Å². The lowest BCUT2D eigenvalue weighted by molar-refractivity contribution is -0.141. The van der Waals surface area contributed by atoms with Gasteiger partial charge in [-0.3, -0.25) is 4.79 Å². The number of ether oxygens (including phenoxy) is 1. The molecule has 4 rings (SSSR count). The number of carbonyl (C=O) groups is 1. The summed E-state index contributed by atoms with van der Waals surface area (Å²) in [5, 5.41) is 10.2. The molecular formula is C25H40O3. The number of hydrogen-bond acceptors (Lipinski definition) is 3. The fourth-order valence-corrected chi connectivity index (χ4v) is 8.20. The maximum atomic E-state index is 11.6. The molecule has 0 radical (unpaired) electrons. The summed E-state index contributed by atoms with van der Waals surface area (Å²) in [6.07, 6.45) is 15.1. The lowest BCUT2D eigenvalue weighted by atomic mass is 9.46. The highest BCUT2D eigenvalue weighted by atomic mass is 16.5. The van der Waals surface area contributed by atoms with Gasteiger partial charge in [-0.1, -0.05) is 32.9 Å². The van der Waals surface area contributed by atoms with Crippen LogP contribution in [0.15, 0.2) is 12.2 Å². The number of hydrogen-bond donors (Lipinski definition) is 1. The minimum atomic E-state index is -0.0727. The average molecular weight is 389 g/mol. The third kappa shape index (κ3) is 3.16. The van der Waals surface area contributed by atoms with Gasteiger partial charge in [-0.2, -0.15) is 0 Å². The molecule has 0 bridgehead atoms. The van der Waals surface area contributed by atoms with Gasteiger partial charge in [0, 0.05) is 6.42 Å². The van der Waals surface area contributed by atoms with Crippen molar-refractivity contribution >= 4 is 5.97 Å². The number of carbonyl (C=O) groups excluding carboxylic acids is 1. The van der Waals surface area contributed by atoms with Gasteiger partial charge in [-0.05, 0) is 97.7 Å². The molecule has 1 N–H and O–H groups in total. The SMILES string of the molecule is COC(=O)CC[C@@H](C)[C@H]1CC[C@H]2[C@@H]3CC[C@@H]4C[C@@H](O)CC[C@]4(C)[C@H]3C=C[C@]12C. The summed E-state index contributed by atoms with van der Waals surface area (Å²) >= 11 is 0. The van der Waals surface area contributed by atoms with Crippen LogP contribution >= 0.6 is 0 Å². The van der Waals surface area contributed by atoms with Gasteiger partial charge >= 0.3 is 5.97 Å². The quantitative estimate of drug-likeness (QED) is 0.520. The molecule has 0 aromatic heterocycles. The minimum absolute atomic E-state index is 0.0704. The van der Waals surface area contributed by atoms with Crippen molar-refractivity contribution in [1.29, 1.82) is 0 Å². The van der Waals surface area contributed by atoms with Crippen molar-refractivity contribution in [3.8, 4) is 0 Å². The smallest absolute Gasteiger partial charge is 0.305 e. The van der Waals surface area contributed by atoms with Gasteiger partial charge in [0.05, 0.1) is 13.2 Å². The van der Waals surface area contributed by atoms with Crippen molar-refractivity contribution in [3.63, 3.8) is 0 Å². The number of allylic oxidation sites excluding steroid dienone is 2. The van der Waals surface area contributed by atoms with Crippen molar-refractivity contribution in [2.75, 3.05) is 7.11 Å². The molecule has 4 aliphatic rings. The van der Waals surface area contributed by atoms with Gasteiger partial charge in [0.1, 0.15) is 0 Å². The van der Waals surface area contributed by atoms with E-state index in [1.54, 1.807) is 0 Å². The summed E-state index contributed by atoms with van der Waals surface area (Å²) in [7, 11) is 1.49. The zero-order chi connectivity index (χ0) is 20.1. The molecule has 0 aliphatic heterocycles. The molecule has 0 heterocycles. The first-order chi connectivity index (χ1) is 13.3. The standard InChI is InChI=1S/C25H40O3/c1-16(5-10-23(27)28-4)20-8-9-21-19-7-6-17-15-18(26)11-13-24(17,2)22(19)12-14-25(20,21)3/h12,14,16-22,26H,5-11,13,15H2,1-4H3/t16-,17-,18+,19+,20-,21+,22+,24+,25-/m1/s1. The van der Waals surface area contributed by atoms with E-state index in [1.165, 1.54) is 39.2 Å². The molecule has 4 aliphatic carbocycles. The van der Waals surface area contributed by atoms with Crippen molar-refractivity contribution in [2.45, 2.75) is 84.7 Å². The van der Waals surface area contributed by atoms with Crippen molar-refractivity contribution < 1.29 is 14.6 Å². The number of aliphatic hydroxyl groups is 1. The molecule has 28 heavy (non-hydrogen) atoms. The molecule has 0 amide bonds. The second-order valence-electron chi connectivity index (χ2n) is 11.0. The van der Waals surface area contributed by atoms with E-state index in [9.17, 15) is 9.90 Å². The van der Waals surface area contributed by atoms with Crippen molar-refractivity contribution in [1.82, 2.24) is 0 Å². The monoisotopic (exact) mass is 388 g/mol. The fourth-order valence-electron chi connectivity index (χ4n) is 8.20. The molecule has 0 unspecified atom stereocenters. The van der Waals surface area contributed by atoms with Gasteiger partial charge in [0.25, 0.3) is 0 Å². The van der Waals surface area contributed by atoms with Crippen LogP contribution in [-0.2, 0) is 9.53 Å². The van der Waals surface area contributed by atoms with E-state index in [0.717, 1.165) is 31.1 Å². The Balaban J connectivity index is 1.53. The highest BCUT2D eigenvalue weighted by Gasteiger charge is 2.58. The van der Waals surface area contributed by atoms with E-state index < -0.39 is 0 Å². The summed E-state index contributed by atoms with van der Waals surface area (Å²) in [4.78, 5) is 11.6. The number of aliphatic hydroxyl groups excluding tert-OH is 1. The van der Waals surface area contributed by atoms with Gasteiger partial charge in [-0.25, -0.2) is 0 Å². The second-order valence-corrected chi connectivity index (χ2v) is 11.0. The maximum absolute atomic E-state index is 11.6. The summed E-state index contributed by atoms with van der Waals surface area (Å²) in [6.45, 7) is 7.39. The molecule has 158 valence electrons.